The third kappa shape index (κ3) is 4.79. The molecule has 0 amide bonds. The van der Waals surface area contributed by atoms with Gasteiger partial charge in [0.25, 0.3) is 0 Å². The number of rotatable bonds is 4. The summed E-state index contributed by atoms with van der Waals surface area (Å²) in [7, 11) is 0. The summed E-state index contributed by atoms with van der Waals surface area (Å²) in [6, 6.07) is 0.465. The van der Waals surface area contributed by atoms with E-state index in [0.717, 1.165) is 35.5 Å². The predicted octanol–water partition coefficient (Wildman–Crippen LogP) is 8.54. The lowest BCUT2D eigenvalue weighted by atomic mass is 9.48. The van der Waals surface area contributed by atoms with Crippen LogP contribution in [-0.4, -0.2) is 17.8 Å². The molecule has 0 heterocycles. The van der Waals surface area contributed by atoms with E-state index in [-0.39, 0.29) is 0 Å². The normalized spacial score (nSPS) is 41.9. The van der Waals surface area contributed by atoms with Crippen LogP contribution in [0.3, 0.4) is 0 Å². The van der Waals surface area contributed by atoms with Crippen LogP contribution in [0.1, 0.15) is 113 Å². The fourth-order valence-corrected chi connectivity index (χ4v) is 8.79. The van der Waals surface area contributed by atoms with Crippen LogP contribution in [0, 0.1) is 46.3 Å². The minimum Gasteiger partial charge on any atom is -0.271 e. The number of hydrogen-bond acceptors (Lipinski definition) is 2. The largest absolute Gasteiger partial charge is 0.271 e. The minimum atomic E-state index is 0.465. The number of hydrogen-bond donors (Lipinski definition) is 0. The van der Waals surface area contributed by atoms with E-state index in [1.807, 2.05) is 0 Å². The summed E-state index contributed by atoms with van der Waals surface area (Å²) < 4.78 is 0. The van der Waals surface area contributed by atoms with E-state index < -0.39 is 0 Å². The van der Waals surface area contributed by atoms with Crippen molar-refractivity contribution in [2.75, 3.05) is 0 Å². The molecule has 0 radical (unpaired) electrons. The second-order valence-electron chi connectivity index (χ2n) is 12.5. The van der Waals surface area contributed by atoms with Crippen LogP contribution < -0.4 is 0 Å². The average molecular weight is 429 g/mol. The molecule has 0 N–H and O–H groups in total. The lowest BCUT2D eigenvalue weighted by Gasteiger charge is -2.57. The quantitative estimate of drug-likeness (QED) is 0.323. The fraction of sp³-hybridized carbons (Fsp3) is 0.897. The molecule has 4 aliphatic rings. The molecule has 4 fully saturated rings. The number of hydrazone groups is 1. The molecule has 0 bridgehead atoms. The van der Waals surface area contributed by atoms with Crippen molar-refractivity contribution in [2.45, 2.75) is 119 Å². The summed E-state index contributed by atoms with van der Waals surface area (Å²) in [5.41, 5.74) is 1.10. The van der Waals surface area contributed by atoms with Gasteiger partial charge in [-0.3, -0.25) is 5.01 Å². The van der Waals surface area contributed by atoms with Crippen LogP contribution in [0.5, 0.6) is 0 Å². The van der Waals surface area contributed by atoms with Crippen molar-refractivity contribution >= 4 is 6.72 Å². The Labute approximate surface area is 194 Å². The summed E-state index contributed by atoms with van der Waals surface area (Å²) in [5.74, 6) is 5.81. The zero-order chi connectivity index (χ0) is 22.8. The second-order valence-corrected chi connectivity index (χ2v) is 12.5. The van der Waals surface area contributed by atoms with Gasteiger partial charge in [0, 0.05) is 12.9 Å². The summed E-state index contributed by atoms with van der Waals surface area (Å²) in [6.45, 7) is 20.2. The standard InChI is InChI=1S/C26H44N2.C3H8/c1-7-16-28(27-6)18(2)23-10-11-24-22-9-8-19-17-25(3,4)14-12-20(19)21(22)13-15-26(23,24)5;1-3-2/h7,16,18-24H,6,8-15,17H2,1-5H3;3H2,1-2H3/b16-7-;. The zero-order valence-corrected chi connectivity index (χ0v) is 21.9. The first-order valence-corrected chi connectivity index (χ1v) is 13.6. The molecule has 4 aliphatic carbocycles. The molecule has 31 heavy (non-hydrogen) atoms. The molecule has 2 heteroatoms. The van der Waals surface area contributed by atoms with Crippen molar-refractivity contribution in [3.8, 4) is 0 Å². The summed E-state index contributed by atoms with van der Waals surface area (Å²) in [6.07, 6.45) is 18.7. The number of nitrogens with zero attached hydrogens (tertiary/aromatic N) is 2. The maximum absolute atomic E-state index is 4.34. The van der Waals surface area contributed by atoms with E-state index in [1.54, 1.807) is 0 Å². The highest BCUT2D eigenvalue weighted by molar-refractivity contribution is 5.23. The molecule has 178 valence electrons. The van der Waals surface area contributed by atoms with Gasteiger partial charge in [-0.15, -0.1) is 0 Å². The molecule has 0 aromatic carbocycles. The SMILES string of the molecule is C=NN(/C=C\C)C(C)C1CCC2C3CCC4CC(C)(C)CCC4C3CCC21C.CCC. The van der Waals surface area contributed by atoms with Crippen molar-refractivity contribution in [2.24, 2.45) is 51.4 Å². The van der Waals surface area contributed by atoms with Gasteiger partial charge < -0.3 is 0 Å². The molecule has 0 spiro atoms. The Bertz CT molecular complexity index is 622. The molecule has 0 aromatic heterocycles. The second kappa shape index (κ2) is 10.0. The Morgan fingerprint density at radius 1 is 0.968 bits per heavy atom. The van der Waals surface area contributed by atoms with Gasteiger partial charge in [-0.05, 0) is 118 Å². The molecule has 8 unspecified atom stereocenters. The molecule has 2 nitrogen and oxygen atoms in total. The topological polar surface area (TPSA) is 15.6 Å². The Balaban J connectivity index is 0.000000858. The molecule has 0 saturated heterocycles. The first-order chi connectivity index (χ1) is 14.7. The summed E-state index contributed by atoms with van der Waals surface area (Å²) in [4.78, 5) is 0. The van der Waals surface area contributed by atoms with Crippen LogP contribution >= 0.6 is 0 Å². The molecular formula is C29H52N2. The van der Waals surface area contributed by atoms with Crippen LogP contribution in [0.2, 0.25) is 0 Å². The third-order valence-electron chi connectivity index (χ3n) is 10.0. The summed E-state index contributed by atoms with van der Waals surface area (Å²) in [5, 5.41) is 6.47. The Morgan fingerprint density at radius 2 is 1.65 bits per heavy atom. The first kappa shape index (κ1) is 24.8. The number of allylic oxidation sites excluding steroid dienone is 1. The molecule has 4 saturated carbocycles. The van der Waals surface area contributed by atoms with Gasteiger partial charge in [-0.1, -0.05) is 47.1 Å². The third-order valence-corrected chi connectivity index (χ3v) is 10.0. The first-order valence-electron chi connectivity index (χ1n) is 13.6. The van der Waals surface area contributed by atoms with E-state index in [4.69, 9.17) is 0 Å². The van der Waals surface area contributed by atoms with Gasteiger partial charge in [0.05, 0.1) is 6.04 Å². The van der Waals surface area contributed by atoms with Crippen LogP contribution in [0.25, 0.3) is 0 Å². The lowest BCUT2D eigenvalue weighted by Crippen LogP contribution is -2.51. The minimum absolute atomic E-state index is 0.465. The van der Waals surface area contributed by atoms with E-state index in [1.165, 1.54) is 64.2 Å². The molecule has 0 aromatic rings. The molecule has 8 atom stereocenters. The monoisotopic (exact) mass is 428 g/mol. The van der Waals surface area contributed by atoms with Gasteiger partial charge in [0.15, 0.2) is 0 Å². The van der Waals surface area contributed by atoms with Crippen molar-refractivity contribution < 1.29 is 0 Å². The summed E-state index contributed by atoms with van der Waals surface area (Å²) >= 11 is 0. The van der Waals surface area contributed by atoms with Crippen molar-refractivity contribution in [1.82, 2.24) is 5.01 Å². The van der Waals surface area contributed by atoms with Gasteiger partial charge in [-0.25, -0.2) is 0 Å². The predicted molar refractivity (Wildman–Crippen MR) is 136 cm³/mol. The van der Waals surface area contributed by atoms with Gasteiger partial charge >= 0.3 is 0 Å². The average Bonchev–Trinajstić information content (AvgIpc) is 3.08. The Morgan fingerprint density at radius 3 is 2.29 bits per heavy atom. The Hall–Kier alpha value is -0.790. The molecule has 0 aliphatic heterocycles. The lowest BCUT2D eigenvalue weighted by molar-refractivity contribution is -0.0819. The van der Waals surface area contributed by atoms with E-state index in [2.05, 4.69) is 77.6 Å². The van der Waals surface area contributed by atoms with Crippen LogP contribution in [0.15, 0.2) is 17.4 Å². The highest BCUT2D eigenvalue weighted by Crippen LogP contribution is 2.65. The maximum Gasteiger partial charge on any atom is 0.0524 e. The van der Waals surface area contributed by atoms with Gasteiger partial charge in [0.2, 0.25) is 0 Å². The van der Waals surface area contributed by atoms with Crippen LogP contribution in [-0.2, 0) is 0 Å². The fourth-order valence-electron chi connectivity index (χ4n) is 8.79. The van der Waals surface area contributed by atoms with Crippen LogP contribution in [0.4, 0.5) is 0 Å². The highest BCUT2D eigenvalue weighted by Gasteiger charge is 2.58. The van der Waals surface area contributed by atoms with E-state index >= 15 is 0 Å². The van der Waals surface area contributed by atoms with Crippen molar-refractivity contribution in [3.63, 3.8) is 0 Å². The highest BCUT2D eigenvalue weighted by atomic mass is 15.4. The van der Waals surface area contributed by atoms with E-state index in [0.29, 0.717) is 16.9 Å². The molecule has 4 rings (SSSR count). The van der Waals surface area contributed by atoms with Crippen molar-refractivity contribution in [1.29, 1.82) is 0 Å². The zero-order valence-electron chi connectivity index (χ0n) is 21.9. The molecular weight excluding hydrogens is 376 g/mol. The smallest absolute Gasteiger partial charge is 0.0524 e. The van der Waals surface area contributed by atoms with Gasteiger partial charge in [0.1, 0.15) is 0 Å². The van der Waals surface area contributed by atoms with Gasteiger partial charge in [-0.2, -0.15) is 5.10 Å². The number of fused-ring (bicyclic) bond motifs is 5. The Kier molecular flexibility index (Phi) is 8.02. The van der Waals surface area contributed by atoms with E-state index in [9.17, 15) is 0 Å². The maximum atomic E-state index is 4.34. The van der Waals surface area contributed by atoms with Crippen molar-refractivity contribution in [3.05, 3.63) is 12.3 Å².